The number of anilines is 2. The Hall–Kier alpha value is -3.79. The van der Waals surface area contributed by atoms with Crippen LogP contribution in [-0.2, 0) is 25.7 Å². The number of fused-ring (bicyclic) bond motifs is 1. The predicted octanol–water partition coefficient (Wildman–Crippen LogP) is 2.52. The molecule has 1 saturated heterocycles. The lowest BCUT2D eigenvalue weighted by molar-refractivity contribution is -0.119. The fraction of sp³-hybridized carbons (Fsp3) is 0.375. The number of rotatable bonds is 9. The highest BCUT2D eigenvalue weighted by Gasteiger charge is 2.33. The van der Waals surface area contributed by atoms with E-state index in [0.717, 1.165) is 11.3 Å². The molecule has 10 heteroatoms. The lowest BCUT2D eigenvalue weighted by Gasteiger charge is -2.29. The Labute approximate surface area is 198 Å². The Bertz CT molecular complexity index is 1050. The molecule has 2 heterocycles. The van der Waals surface area contributed by atoms with Crippen LogP contribution in [0.1, 0.15) is 12.5 Å². The molecule has 0 aliphatic carbocycles. The number of amidine groups is 1. The standard InChI is InChI=1S/C24H28N4O6/c1-17(29)25-13-20-14-28(24(30)34-20)19-8-9-21-22(12-19)32-16-23(27(21)2)26-33-11-10-31-15-18-6-4-3-5-7-18/h3-9,12,20H,10-11,13-16H2,1-2H3,(H,25,29)/t20-/m0/s1. The van der Waals surface area contributed by atoms with E-state index in [1.165, 1.54) is 11.8 Å². The first-order valence-electron chi connectivity index (χ1n) is 11.0. The van der Waals surface area contributed by atoms with E-state index in [9.17, 15) is 9.59 Å². The molecule has 2 aliphatic rings. The molecule has 1 fully saturated rings. The number of carbonyl (C=O) groups is 2. The van der Waals surface area contributed by atoms with Crippen molar-refractivity contribution in [2.75, 3.05) is 49.8 Å². The van der Waals surface area contributed by atoms with Gasteiger partial charge in [0.15, 0.2) is 5.84 Å². The highest BCUT2D eigenvalue weighted by atomic mass is 16.6. The number of cyclic esters (lactones) is 1. The minimum absolute atomic E-state index is 0.166. The molecule has 34 heavy (non-hydrogen) atoms. The van der Waals surface area contributed by atoms with Gasteiger partial charge in [0.2, 0.25) is 5.91 Å². The predicted molar refractivity (Wildman–Crippen MR) is 126 cm³/mol. The molecule has 10 nitrogen and oxygen atoms in total. The summed E-state index contributed by atoms with van der Waals surface area (Å²) in [6.45, 7) is 3.55. The van der Waals surface area contributed by atoms with Gasteiger partial charge in [-0.1, -0.05) is 35.5 Å². The molecule has 4 rings (SSSR count). The Kier molecular flexibility index (Phi) is 7.48. The van der Waals surface area contributed by atoms with Gasteiger partial charge in [-0.15, -0.1) is 0 Å². The molecule has 2 aliphatic heterocycles. The first kappa shape index (κ1) is 23.4. The molecule has 2 amide bonds. The smallest absolute Gasteiger partial charge is 0.414 e. The molecule has 1 atom stereocenters. The maximum absolute atomic E-state index is 12.3. The first-order chi connectivity index (χ1) is 16.5. The number of amides is 2. The number of carbonyl (C=O) groups excluding carboxylic acids is 2. The number of hydrogen-bond donors (Lipinski definition) is 1. The second-order valence-electron chi connectivity index (χ2n) is 7.93. The maximum Gasteiger partial charge on any atom is 0.414 e. The van der Waals surface area contributed by atoms with Crippen LogP contribution >= 0.6 is 0 Å². The van der Waals surface area contributed by atoms with E-state index in [4.69, 9.17) is 19.0 Å². The molecular formula is C24H28N4O6. The summed E-state index contributed by atoms with van der Waals surface area (Å²) >= 11 is 0. The van der Waals surface area contributed by atoms with Crippen LogP contribution in [0.3, 0.4) is 0 Å². The van der Waals surface area contributed by atoms with Crippen molar-refractivity contribution < 1.29 is 28.6 Å². The summed E-state index contributed by atoms with van der Waals surface area (Å²) in [5.74, 6) is 1.09. The summed E-state index contributed by atoms with van der Waals surface area (Å²) < 4.78 is 16.8. The number of nitrogens with one attached hydrogen (secondary N) is 1. The molecule has 2 aromatic carbocycles. The Morgan fingerprint density at radius 1 is 1.21 bits per heavy atom. The summed E-state index contributed by atoms with van der Waals surface area (Å²) in [6.07, 6.45) is -0.854. The van der Waals surface area contributed by atoms with E-state index in [2.05, 4.69) is 10.5 Å². The van der Waals surface area contributed by atoms with Crippen LogP contribution in [0.25, 0.3) is 0 Å². The van der Waals surface area contributed by atoms with Crippen molar-refractivity contribution in [3.63, 3.8) is 0 Å². The van der Waals surface area contributed by atoms with E-state index >= 15 is 0 Å². The van der Waals surface area contributed by atoms with E-state index in [-0.39, 0.29) is 19.1 Å². The fourth-order valence-corrected chi connectivity index (χ4v) is 3.61. The highest BCUT2D eigenvalue weighted by Crippen LogP contribution is 2.36. The zero-order chi connectivity index (χ0) is 23.9. The van der Waals surface area contributed by atoms with Crippen molar-refractivity contribution in [2.45, 2.75) is 19.6 Å². The third-order valence-electron chi connectivity index (χ3n) is 5.41. The van der Waals surface area contributed by atoms with Crippen LogP contribution in [0.15, 0.2) is 53.7 Å². The number of benzene rings is 2. The topological polar surface area (TPSA) is 102 Å². The van der Waals surface area contributed by atoms with Gasteiger partial charge >= 0.3 is 6.09 Å². The second kappa shape index (κ2) is 10.9. The number of oxime groups is 1. The fourth-order valence-electron chi connectivity index (χ4n) is 3.61. The molecule has 0 spiro atoms. The van der Waals surface area contributed by atoms with Gasteiger partial charge in [0.05, 0.1) is 37.7 Å². The number of likely N-dealkylation sites (N-methyl/N-ethyl adjacent to an activating group) is 1. The third kappa shape index (κ3) is 5.76. The molecule has 0 radical (unpaired) electrons. The van der Waals surface area contributed by atoms with E-state index in [1.807, 2.05) is 54.4 Å². The van der Waals surface area contributed by atoms with Crippen LogP contribution in [0.4, 0.5) is 16.2 Å². The molecule has 0 aromatic heterocycles. The van der Waals surface area contributed by atoms with E-state index in [0.29, 0.717) is 43.6 Å². The lowest BCUT2D eigenvalue weighted by atomic mass is 10.2. The zero-order valence-corrected chi connectivity index (χ0v) is 19.2. The largest absolute Gasteiger partial charge is 0.483 e. The molecule has 1 N–H and O–H groups in total. The van der Waals surface area contributed by atoms with Gasteiger partial charge in [-0.3, -0.25) is 9.69 Å². The van der Waals surface area contributed by atoms with Crippen LogP contribution in [0, 0.1) is 0 Å². The number of nitrogens with zero attached hydrogens (tertiary/aromatic N) is 3. The van der Waals surface area contributed by atoms with Gasteiger partial charge in [-0.25, -0.2) is 4.79 Å². The van der Waals surface area contributed by atoms with Gasteiger partial charge in [0.1, 0.15) is 25.1 Å². The van der Waals surface area contributed by atoms with Crippen LogP contribution in [0.5, 0.6) is 5.75 Å². The van der Waals surface area contributed by atoms with Crippen molar-refractivity contribution in [1.29, 1.82) is 0 Å². The molecular weight excluding hydrogens is 440 g/mol. The lowest BCUT2D eigenvalue weighted by Crippen LogP contribution is -2.36. The molecule has 180 valence electrons. The monoisotopic (exact) mass is 468 g/mol. The molecule has 0 saturated carbocycles. The van der Waals surface area contributed by atoms with E-state index in [1.54, 1.807) is 6.07 Å². The van der Waals surface area contributed by atoms with Gasteiger partial charge in [0, 0.05) is 20.0 Å². The summed E-state index contributed by atoms with van der Waals surface area (Å²) in [5, 5.41) is 6.85. The minimum Gasteiger partial charge on any atom is -0.483 e. The first-order valence-corrected chi connectivity index (χ1v) is 11.0. The summed E-state index contributed by atoms with van der Waals surface area (Å²) in [5.41, 5.74) is 2.57. The summed E-state index contributed by atoms with van der Waals surface area (Å²) in [4.78, 5) is 32.2. The molecule has 0 unspecified atom stereocenters. The summed E-state index contributed by atoms with van der Waals surface area (Å²) in [6, 6.07) is 15.4. The van der Waals surface area contributed by atoms with Gasteiger partial charge in [-0.2, -0.15) is 0 Å². The van der Waals surface area contributed by atoms with Crippen LogP contribution < -0.4 is 19.9 Å². The second-order valence-corrected chi connectivity index (χ2v) is 7.93. The van der Waals surface area contributed by atoms with Crippen molar-refractivity contribution in [3.05, 3.63) is 54.1 Å². The van der Waals surface area contributed by atoms with Crippen LogP contribution in [-0.4, -0.2) is 63.9 Å². The molecule has 2 aromatic rings. The van der Waals surface area contributed by atoms with Crippen LogP contribution in [0.2, 0.25) is 0 Å². The zero-order valence-electron chi connectivity index (χ0n) is 19.2. The van der Waals surface area contributed by atoms with Gasteiger partial charge < -0.3 is 29.3 Å². The Morgan fingerprint density at radius 3 is 2.82 bits per heavy atom. The van der Waals surface area contributed by atoms with Gasteiger partial charge in [-0.05, 0) is 17.7 Å². The average molecular weight is 469 g/mol. The normalized spacial score (nSPS) is 18.4. The highest BCUT2D eigenvalue weighted by molar-refractivity contribution is 6.01. The van der Waals surface area contributed by atoms with Crippen molar-refractivity contribution in [3.8, 4) is 5.75 Å². The Balaban J connectivity index is 1.29. The van der Waals surface area contributed by atoms with Gasteiger partial charge in [0.25, 0.3) is 0 Å². The average Bonchev–Trinajstić information content (AvgIpc) is 3.22. The van der Waals surface area contributed by atoms with Crippen molar-refractivity contribution in [2.24, 2.45) is 5.16 Å². The Morgan fingerprint density at radius 2 is 2.03 bits per heavy atom. The number of hydrogen-bond acceptors (Lipinski definition) is 7. The van der Waals surface area contributed by atoms with Crippen molar-refractivity contribution in [1.82, 2.24) is 5.32 Å². The third-order valence-corrected chi connectivity index (χ3v) is 5.41. The quantitative estimate of drug-likeness (QED) is 0.446. The van der Waals surface area contributed by atoms with E-state index < -0.39 is 12.2 Å². The SMILES string of the molecule is CC(=O)NC[C@H]1CN(c2ccc3c(c2)OCC(=NOCCOCc2ccccc2)N3C)C(=O)O1. The maximum atomic E-state index is 12.3. The minimum atomic E-state index is -0.454. The molecule has 0 bridgehead atoms. The summed E-state index contributed by atoms with van der Waals surface area (Å²) in [7, 11) is 1.88. The van der Waals surface area contributed by atoms with Crippen molar-refractivity contribution >= 4 is 29.2 Å². The number of ether oxygens (including phenoxy) is 3.